The topological polar surface area (TPSA) is 149 Å². The maximum absolute atomic E-state index is 14.4. The minimum Gasteiger partial charge on any atom is -0.336 e. The highest BCUT2D eigenvalue weighted by Gasteiger charge is 2.29. The Hall–Kier alpha value is -4.77. The van der Waals surface area contributed by atoms with Crippen LogP contribution in [0.1, 0.15) is 20.7 Å². The van der Waals surface area contributed by atoms with Crippen molar-refractivity contribution in [1.82, 2.24) is 4.57 Å². The van der Waals surface area contributed by atoms with Crippen molar-refractivity contribution in [3.8, 4) is 11.1 Å². The van der Waals surface area contributed by atoms with E-state index < -0.39 is 9.84 Å². The molecule has 0 fully saturated rings. The van der Waals surface area contributed by atoms with E-state index in [0.29, 0.717) is 57.0 Å². The van der Waals surface area contributed by atoms with Crippen LogP contribution in [0.2, 0.25) is 0 Å². The van der Waals surface area contributed by atoms with Crippen LogP contribution in [0.5, 0.6) is 0 Å². The molecule has 0 unspecified atom stereocenters. The first-order valence-corrected chi connectivity index (χ1v) is 13.4. The highest BCUT2D eigenvalue weighted by Crippen LogP contribution is 2.42. The minimum absolute atomic E-state index is 0.0771. The maximum Gasteiger partial charge on any atom is 0.210 e. The Labute approximate surface area is 224 Å². The number of carbonyl (C=O) groups excluding carboxylic acids is 2. The monoisotopic (exact) mass is 539 g/mol. The third-order valence-electron chi connectivity index (χ3n) is 6.67. The molecule has 0 aliphatic heterocycles. The molecule has 0 aliphatic carbocycles. The summed E-state index contributed by atoms with van der Waals surface area (Å²) in [7, 11) is -4.27. The number of nitrogens with two attached hydrogens (primary N) is 2. The fourth-order valence-corrected chi connectivity index (χ4v) is 6.69. The van der Waals surface area contributed by atoms with Gasteiger partial charge < -0.3 is 15.4 Å². The molecule has 0 saturated carbocycles. The van der Waals surface area contributed by atoms with E-state index in [9.17, 15) is 18.0 Å². The average molecular weight is 540 g/mol. The van der Waals surface area contributed by atoms with E-state index >= 15 is 0 Å². The SMILES string of the molecule is C=CCn1c2ccc(C=O)cc2c2cc(C=O)cc(S(=O)(=O)c3cccc(-c4ccccc4NN)c3NN)c21. The molecule has 10 heteroatoms. The number of anilines is 2. The maximum atomic E-state index is 14.4. The zero-order chi connectivity index (χ0) is 27.7. The van der Waals surface area contributed by atoms with Crippen LogP contribution in [-0.2, 0) is 16.4 Å². The Kier molecular flexibility index (Phi) is 6.75. The number of nitrogens with zero attached hydrogens (tertiary/aromatic N) is 1. The number of aldehydes is 2. The molecule has 5 rings (SSSR count). The number of allylic oxidation sites excluding steroid dienone is 1. The van der Waals surface area contributed by atoms with Crippen molar-refractivity contribution in [3.63, 3.8) is 0 Å². The number of sulfone groups is 1. The van der Waals surface area contributed by atoms with Crippen molar-refractivity contribution in [2.75, 3.05) is 10.9 Å². The Morgan fingerprint density at radius 2 is 1.51 bits per heavy atom. The molecule has 0 saturated heterocycles. The number of benzene rings is 4. The largest absolute Gasteiger partial charge is 0.336 e. The van der Waals surface area contributed by atoms with Gasteiger partial charge in [0.15, 0.2) is 0 Å². The molecular weight excluding hydrogens is 514 g/mol. The summed E-state index contributed by atoms with van der Waals surface area (Å²) in [6.07, 6.45) is 2.97. The molecule has 5 aromatic rings. The number of hydrogen-bond acceptors (Lipinski definition) is 8. The molecule has 0 bridgehead atoms. The van der Waals surface area contributed by atoms with Gasteiger partial charge >= 0.3 is 0 Å². The van der Waals surface area contributed by atoms with Gasteiger partial charge in [-0.1, -0.05) is 36.4 Å². The molecular formula is C29H25N5O4S. The van der Waals surface area contributed by atoms with Gasteiger partial charge in [0.05, 0.1) is 26.7 Å². The summed E-state index contributed by atoms with van der Waals surface area (Å²) in [6, 6.07) is 20.0. The third kappa shape index (κ3) is 4.16. The van der Waals surface area contributed by atoms with Crippen molar-refractivity contribution in [3.05, 3.63) is 96.6 Å². The molecule has 1 aromatic heterocycles. The highest BCUT2D eigenvalue weighted by atomic mass is 32.2. The van der Waals surface area contributed by atoms with Crippen LogP contribution in [-0.4, -0.2) is 25.6 Å². The number of aromatic nitrogens is 1. The van der Waals surface area contributed by atoms with E-state index in [-0.39, 0.29) is 21.0 Å². The summed E-state index contributed by atoms with van der Waals surface area (Å²) in [5.41, 5.74) is 8.77. The van der Waals surface area contributed by atoms with Gasteiger partial charge in [-0.3, -0.25) is 21.3 Å². The van der Waals surface area contributed by atoms with E-state index in [1.54, 1.807) is 71.3 Å². The summed E-state index contributed by atoms with van der Waals surface area (Å²) in [5, 5.41) is 1.17. The van der Waals surface area contributed by atoms with Crippen molar-refractivity contribution >= 4 is 55.6 Å². The third-order valence-corrected chi connectivity index (χ3v) is 8.48. The minimum atomic E-state index is -4.27. The predicted molar refractivity (Wildman–Crippen MR) is 153 cm³/mol. The average Bonchev–Trinajstić information content (AvgIpc) is 3.28. The smallest absolute Gasteiger partial charge is 0.210 e. The fourth-order valence-electron chi connectivity index (χ4n) is 4.99. The van der Waals surface area contributed by atoms with Gasteiger partial charge in [-0.25, -0.2) is 8.42 Å². The van der Waals surface area contributed by atoms with E-state index in [4.69, 9.17) is 11.7 Å². The van der Waals surface area contributed by atoms with Crippen molar-refractivity contribution in [2.24, 2.45) is 11.7 Å². The Morgan fingerprint density at radius 1 is 0.795 bits per heavy atom. The lowest BCUT2D eigenvalue weighted by Gasteiger charge is -2.18. The molecule has 0 aliphatic rings. The van der Waals surface area contributed by atoms with Crippen molar-refractivity contribution in [2.45, 2.75) is 16.3 Å². The molecule has 0 atom stereocenters. The lowest BCUT2D eigenvalue weighted by Crippen LogP contribution is -2.15. The molecule has 39 heavy (non-hydrogen) atoms. The zero-order valence-corrected chi connectivity index (χ0v) is 21.5. The first-order valence-electron chi connectivity index (χ1n) is 11.9. The molecule has 1 heterocycles. The van der Waals surface area contributed by atoms with E-state index in [1.807, 2.05) is 0 Å². The van der Waals surface area contributed by atoms with Crippen LogP contribution in [0, 0.1) is 0 Å². The van der Waals surface area contributed by atoms with E-state index in [1.165, 1.54) is 12.1 Å². The molecule has 4 aromatic carbocycles. The van der Waals surface area contributed by atoms with E-state index in [0.717, 1.165) is 6.29 Å². The fraction of sp³-hybridized carbons (Fsp3) is 0.0345. The van der Waals surface area contributed by atoms with Crippen LogP contribution >= 0.6 is 0 Å². The van der Waals surface area contributed by atoms with Crippen molar-refractivity contribution in [1.29, 1.82) is 0 Å². The van der Waals surface area contributed by atoms with Gasteiger partial charge in [0, 0.05) is 45.1 Å². The second kappa shape index (κ2) is 10.2. The first-order chi connectivity index (χ1) is 18.9. The predicted octanol–water partition coefficient (Wildman–Crippen LogP) is 4.68. The van der Waals surface area contributed by atoms with Crippen LogP contribution in [0.25, 0.3) is 32.9 Å². The van der Waals surface area contributed by atoms with Crippen molar-refractivity contribution < 1.29 is 18.0 Å². The Morgan fingerprint density at radius 3 is 2.21 bits per heavy atom. The molecule has 9 nitrogen and oxygen atoms in total. The lowest BCUT2D eigenvalue weighted by molar-refractivity contribution is 0.111. The molecule has 0 spiro atoms. The molecule has 6 N–H and O–H groups in total. The van der Waals surface area contributed by atoms with Gasteiger partial charge in [0.2, 0.25) is 9.84 Å². The van der Waals surface area contributed by atoms with Gasteiger partial charge in [0.1, 0.15) is 12.6 Å². The lowest BCUT2D eigenvalue weighted by atomic mass is 10.0. The van der Waals surface area contributed by atoms with Gasteiger partial charge in [0.25, 0.3) is 0 Å². The number of rotatable bonds is 9. The second-order valence-corrected chi connectivity index (χ2v) is 10.7. The standard InChI is InChI=1S/C29H25N5O4S/c1-2-12-34-25-11-10-18(16-35)13-22(25)23-14-19(17-36)15-27(29(23)34)39(37,38)26-9-5-7-21(28(26)33-31)20-6-3-4-8-24(20)32-30/h2-11,13-17,32-33H,1,12,30-31H2. The number of carbonyl (C=O) groups is 2. The van der Waals surface area contributed by atoms with Crippen LogP contribution < -0.4 is 22.5 Å². The van der Waals surface area contributed by atoms with Gasteiger partial charge in [-0.15, -0.1) is 6.58 Å². The first kappa shape index (κ1) is 25.9. The summed E-state index contributed by atoms with van der Waals surface area (Å²) < 4.78 is 30.7. The zero-order valence-electron chi connectivity index (χ0n) is 20.7. The highest BCUT2D eigenvalue weighted by molar-refractivity contribution is 7.92. The number of hydrogen-bond donors (Lipinski definition) is 4. The van der Waals surface area contributed by atoms with Crippen LogP contribution in [0.15, 0.2) is 95.2 Å². The van der Waals surface area contributed by atoms with Crippen LogP contribution in [0.3, 0.4) is 0 Å². The second-order valence-electron chi connectivity index (χ2n) is 8.84. The number of para-hydroxylation sites is 2. The molecule has 0 radical (unpaired) electrons. The number of hydrazine groups is 2. The van der Waals surface area contributed by atoms with Crippen LogP contribution in [0.4, 0.5) is 11.4 Å². The summed E-state index contributed by atoms with van der Waals surface area (Å²) in [4.78, 5) is 23.3. The van der Waals surface area contributed by atoms with Gasteiger partial charge in [-0.05, 0) is 42.5 Å². The quantitative estimate of drug-likeness (QED) is 0.0913. The summed E-state index contributed by atoms with van der Waals surface area (Å²) in [5.74, 6) is 11.6. The normalized spacial score (nSPS) is 11.4. The Bertz CT molecular complexity index is 1890. The number of nitrogens with one attached hydrogen (secondary N) is 2. The summed E-state index contributed by atoms with van der Waals surface area (Å²) in [6.45, 7) is 4.12. The Balaban J connectivity index is 1.88. The van der Waals surface area contributed by atoms with E-state index in [2.05, 4.69) is 17.4 Å². The van der Waals surface area contributed by atoms with Gasteiger partial charge in [-0.2, -0.15) is 0 Å². The number of nitrogen functional groups attached to an aromatic ring is 2. The molecule has 0 amide bonds. The summed E-state index contributed by atoms with van der Waals surface area (Å²) >= 11 is 0. The number of fused-ring (bicyclic) bond motifs is 3. The molecule has 196 valence electrons.